The van der Waals surface area contributed by atoms with E-state index in [4.69, 9.17) is 28.2 Å². The lowest BCUT2D eigenvalue weighted by Crippen LogP contribution is -2.68. The molecule has 0 radical (unpaired) electrons. The van der Waals surface area contributed by atoms with Gasteiger partial charge in [0, 0.05) is 20.5 Å². The molecule has 1 amide bonds. The van der Waals surface area contributed by atoms with E-state index in [0.717, 1.165) is 13.8 Å². The molecule has 2 fully saturated rings. The highest BCUT2D eigenvalue weighted by Gasteiger charge is 2.53. The number of aliphatic hydroxyl groups is 4. The van der Waals surface area contributed by atoms with E-state index in [0.29, 0.717) is 6.42 Å². The first kappa shape index (κ1) is 30.7. The third-order valence-corrected chi connectivity index (χ3v) is 5.76. The molecule has 36 heavy (non-hydrogen) atoms. The van der Waals surface area contributed by atoms with Crippen LogP contribution < -0.4 is 5.32 Å². The van der Waals surface area contributed by atoms with E-state index in [9.17, 15) is 38.4 Å². The molecule has 6 N–H and O–H groups in total. The number of carbonyl (C=O) groups excluding carboxylic acids is 2. The van der Waals surface area contributed by atoms with Crippen molar-refractivity contribution in [1.82, 2.24) is 5.32 Å². The van der Waals surface area contributed by atoms with Crippen molar-refractivity contribution in [3.8, 4) is 0 Å². The van der Waals surface area contributed by atoms with Crippen LogP contribution in [0.25, 0.3) is 0 Å². The van der Waals surface area contributed by atoms with Gasteiger partial charge in [0.15, 0.2) is 18.7 Å². The molecule has 16 nitrogen and oxygen atoms in total. The molecule has 17 heteroatoms. The van der Waals surface area contributed by atoms with E-state index in [-0.39, 0.29) is 6.61 Å². The monoisotopic (exact) mass is 547 g/mol. The quantitative estimate of drug-likeness (QED) is 0.109. The Morgan fingerprint density at radius 2 is 1.61 bits per heavy atom. The van der Waals surface area contributed by atoms with Gasteiger partial charge in [-0.1, -0.05) is 6.92 Å². The molecule has 210 valence electrons. The normalized spacial score (nSPS) is 37.3. The molecule has 2 aliphatic heterocycles. The van der Waals surface area contributed by atoms with Crippen molar-refractivity contribution in [3.05, 3.63) is 0 Å². The Morgan fingerprint density at radius 3 is 2.14 bits per heavy atom. The fourth-order valence-electron chi connectivity index (χ4n) is 3.78. The average Bonchev–Trinajstić information content (AvgIpc) is 2.78. The van der Waals surface area contributed by atoms with Crippen LogP contribution in [-0.4, -0.2) is 126 Å². The molecule has 2 rings (SSSR count). The predicted octanol–water partition coefficient (Wildman–Crippen LogP) is -3.42. The van der Waals surface area contributed by atoms with Gasteiger partial charge in [0.05, 0.1) is 13.2 Å². The summed E-state index contributed by atoms with van der Waals surface area (Å²) < 4.78 is 63.2. The Balaban J connectivity index is 2.40. The van der Waals surface area contributed by atoms with E-state index in [2.05, 4.69) is 9.50 Å². The number of aliphatic hydroxyl groups excluding tert-OH is 4. The fraction of sp³-hybridized carbons (Fsp3) is 0.895. The van der Waals surface area contributed by atoms with Crippen LogP contribution in [0.4, 0.5) is 0 Å². The Hall–Kier alpha value is -1.51. The molecule has 0 saturated carbocycles. The maximum absolute atomic E-state index is 11.7. The lowest BCUT2D eigenvalue weighted by Gasteiger charge is -2.47. The lowest BCUT2D eigenvalue weighted by atomic mass is 9.95. The smallest absolute Gasteiger partial charge is 0.397 e. The molecule has 0 aromatic rings. The molecule has 0 bridgehead atoms. The predicted molar refractivity (Wildman–Crippen MR) is 114 cm³/mol. The minimum Gasteiger partial charge on any atom is -0.454 e. The summed E-state index contributed by atoms with van der Waals surface area (Å²) in [7, 11) is -4.96. The zero-order valence-corrected chi connectivity index (χ0v) is 20.6. The van der Waals surface area contributed by atoms with Gasteiger partial charge in [-0.05, 0) is 6.42 Å². The summed E-state index contributed by atoms with van der Waals surface area (Å²) >= 11 is 0. The molecule has 0 unspecified atom stereocenters. The van der Waals surface area contributed by atoms with E-state index >= 15 is 0 Å². The Kier molecular flexibility index (Phi) is 11.4. The summed E-state index contributed by atoms with van der Waals surface area (Å²) in [4.78, 5) is 23.3. The number of hydrogen-bond acceptors (Lipinski definition) is 14. The Labute approximate surface area is 207 Å². The topological polar surface area (TPSA) is 237 Å². The lowest BCUT2D eigenvalue weighted by molar-refractivity contribution is -0.347. The summed E-state index contributed by atoms with van der Waals surface area (Å²) in [6.45, 7) is 2.39. The molecule has 10 atom stereocenters. The third kappa shape index (κ3) is 8.25. The number of hydrogen-bond donors (Lipinski definition) is 6. The third-order valence-electron chi connectivity index (χ3n) is 5.33. The standard InChI is InChI=1S/C19H33NO15S/c1-4-5-30-19-17(32-9(3)23)15(26)16(11(34-19)7-31-36(27,28)29)35-18-12(20-8(2)22)14(25)13(24)10(6-21)33-18/h10-19,21,24-26H,4-7H2,1-3H3,(H,20,22)(H,27,28,29)/t10-,11-,12-,13-,14-,15+,16-,17-,18+,19-/m1/s1. The first-order valence-electron chi connectivity index (χ1n) is 11.1. The van der Waals surface area contributed by atoms with E-state index < -0.39 is 96.8 Å². The number of amides is 1. The molecule has 2 heterocycles. The molecule has 0 aromatic carbocycles. The van der Waals surface area contributed by atoms with Crippen molar-refractivity contribution in [2.75, 3.05) is 19.8 Å². The van der Waals surface area contributed by atoms with Gasteiger partial charge >= 0.3 is 16.4 Å². The van der Waals surface area contributed by atoms with Gasteiger partial charge in [-0.2, -0.15) is 8.42 Å². The van der Waals surface area contributed by atoms with Crippen molar-refractivity contribution < 1.29 is 70.9 Å². The number of ether oxygens (including phenoxy) is 5. The zero-order valence-electron chi connectivity index (χ0n) is 19.8. The molecule has 2 saturated heterocycles. The van der Waals surface area contributed by atoms with Gasteiger partial charge in [-0.3, -0.25) is 14.1 Å². The van der Waals surface area contributed by atoms with Gasteiger partial charge in [-0.15, -0.1) is 0 Å². The summed E-state index contributed by atoms with van der Waals surface area (Å²) in [5.74, 6) is -1.47. The Bertz CT molecular complexity index is 841. The summed E-state index contributed by atoms with van der Waals surface area (Å²) in [5.41, 5.74) is 0. The Morgan fingerprint density at radius 1 is 0.972 bits per heavy atom. The van der Waals surface area contributed by atoms with Crippen LogP contribution in [0.3, 0.4) is 0 Å². The van der Waals surface area contributed by atoms with Crippen LogP contribution in [0.2, 0.25) is 0 Å². The van der Waals surface area contributed by atoms with Crippen LogP contribution in [0.5, 0.6) is 0 Å². The van der Waals surface area contributed by atoms with Crippen LogP contribution in [-0.2, 0) is 47.9 Å². The second kappa shape index (κ2) is 13.3. The molecule has 0 aromatic heterocycles. The van der Waals surface area contributed by atoms with Crippen LogP contribution >= 0.6 is 0 Å². The molecular formula is C19H33NO15S. The second-order valence-electron chi connectivity index (χ2n) is 8.22. The summed E-state index contributed by atoms with van der Waals surface area (Å²) in [5, 5.41) is 43.6. The van der Waals surface area contributed by atoms with Gasteiger partial charge in [-0.25, -0.2) is 4.18 Å². The van der Waals surface area contributed by atoms with Gasteiger partial charge in [0.25, 0.3) is 0 Å². The fourth-order valence-corrected chi connectivity index (χ4v) is 4.08. The molecular weight excluding hydrogens is 514 g/mol. The SMILES string of the molecule is CCCO[C@@H]1O[C@H](COS(=O)(=O)O)[C@@H](O[C@@H]2O[C@H](CO)[C@@H](O)[C@H](O)[C@H]2NC(C)=O)[C@H](O)[C@H]1OC(C)=O. The van der Waals surface area contributed by atoms with Crippen molar-refractivity contribution in [2.45, 2.75) is 88.5 Å². The zero-order chi connectivity index (χ0) is 27.2. The summed E-state index contributed by atoms with van der Waals surface area (Å²) in [6, 6.07) is -1.42. The van der Waals surface area contributed by atoms with Gasteiger partial charge in [0.1, 0.15) is 42.7 Å². The van der Waals surface area contributed by atoms with Gasteiger partial charge in [0.2, 0.25) is 5.91 Å². The highest BCUT2D eigenvalue weighted by atomic mass is 32.3. The second-order valence-corrected chi connectivity index (χ2v) is 9.32. The van der Waals surface area contributed by atoms with Crippen molar-refractivity contribution in [2.24, 2.45) is 0 Å². The maximum atomic E-state index is 11.7. The number of rotatable bonds is 11. The molecule has 0 aliphatic carbocycles. The number of nitrogens with one attached hydrogen (secondary N) is 1. The number of carbonyl (C=O) groups is 2. The first-order valence-corrected chi connectivity index (χ1v) is 12.4. The van der Waals surface area contributed by atoms with Crippen LogP contribution in [0, 0.1) is 0 Å². The molecule has 0 spiro atoms. The van der Waals surface area contributed by atoms with Gasteiger partial charge < -0.3 is 49.4 Å². The average molecular weight is 548 g/mol. The highest BCUT2D eigenvalue weighted by Crippen LogP contribution is 2.31. The summed E-state index contributed by atoms with van der Waals surface area (Å²) in [6.07, 6.45) is -13.6. The largest absolute Gasteiger partial charge is 0.454 e. The van der Waals surface area contributed by atoms with Crippen LogP contribution in [0.1, 0.15) is 27.2 Å². The minimum atomic E-state index is -4.96. The van der Waals surface area contributed by atoms with Crippen molar-refractivity contribution >= 4 is 22.3 Å². The van der Waals surface area contributed by atoms with E-state index in [1.165, 1.54) is 0 Å². The number of esters is 1. The minimum absolute atomic E-state index is 0.102. The van der Waals surface area contributed by atoms with Crippen molar-refractivity contribution in [1.29, 1.82) is 0 Å². The maximum Gasteiger partial charge on any atom is 0.397 e. The molecule has 2 aliphatic rings. The van der Waals surface area contributed by atoms with Crippen LogP contribution in [0.15, 0.2) is 0 Å². The van der Waals surface area contributed by atoms with E-state index in [1.807, 2.05) is 0 Å². The highest BCUT2D eigenvalue weighted by molar-refractivity contribution is 7.80. The first-order chi connectivity index (χ1) is 16.8. The van der Waals surface area contributed by atoms with Crippen molar-refractivity contribution in [3.63, 3.8) is 0 Å². The van der Waals surface area contributed by atoms with E-state index in [1.54, 1.807) is 6.92 Å².